The number of hydrogen-bond donors (Lipinski definition) is 0. The van der Waals surface area contributed by atoms with Crippen LogP contribution in [0.2, 0.25) is 0 Å². The van der Waals surface area contributed by atoms with E-state index in [4.69, 9.17) is 0 Å². The number of fused-ring (bicyclic) bond motifs is 1. The molecule has 0 radical (unpaired) electrons. The molecule has 0 spiro atoms. The Bertz CT molecular complexity index is 418. The van der Waals surface area contributed by atoms with Crippen LogP contribution in [-0.4, -0.2) is 15.6 Å². The zero-order chi connectivity index (χ0) is 11.1. The molecule has 0 aromatic carbocycles. The molecule has 1 aromatic heterocycles. The summed E-state index contributed by atoms with van der Waals surface area (Å²) in [5.74, 6) is 1.09. The standard InChI is InChI=1S/C13H18N2O/c1-9(10-6-7-10)15-12-4-2-3-5-13(16)11(12)8-14-15/h8-10H,2-7H2,1H3. The molecule has 0 bridgehead atoms. The first-order chi connectivity index (χ1) is 7.77. The number of carbonyl (C=O) groups excluding carboxylic acids is 1. The lowest BCUT2D eigenvalue weighted by molar-refractivity contribution is 0.0982. The summed E-state index contributed by atoms with van der Waals surface area (Å²) in [5.41, 5.74) is 2.09. The van der Waals surface area contributed by atoms with E-state index in [1.165, 1.54) is 18.5 Å². The van der Waals surface area contributed by atoms with Crippen LogP contribution in [0.4, 0.5) is 0 Å². The van der Waals surface area contributed by atoms with E-state index in [9.17, 15) is 4.79 Å². The normalized spacial score (nSPS) is 22.7. The summed E-state index contributed by atoms with van der Waals surface area (Å²) in [6.07, 6.45) is 8.33. The van der Waals surface area contributed by atoms with Gasteiger partial charge in [-0.1, -0.05) is 0 Å². The average Bonchev–Trinajstić information content (AvgIpc) is 3.05. The lowest BCUT2D eigenvalue weighted by Gasteiger charge is -2.14. The van der Waals surface area contributed by atoms with Gasteiger partial charge in [0.25, 0.3) is 0 Å². The van der Waals surface area contributed by atoms with Gasteiger partial charge in [0.05, 0.1) is 17.8 Å². The smallest absolute Gasteiger partial charge is 0.166 e. The predicted molar refractivity (Wildman–Crippen MR) is 61.5 cm³/mol. The molecule has 86 valence electrons. The van der Waals surface area contributed by atoms with Crippen LogP contribution in [0.15, 0.2) is 6.20 Å². The lowest BCUT2D eigenvalue weighted by atomic mass is 10.1. The molecule has 0 saturated heterocycles. The van der Waals surface area contributed by atoms with Crippen LogP contribution < -0.4 is 0 Å². The van der Waals surface area contributed by atoms with E-state index in [0.29, 0.717) is 18.2 Å². The minimum atomic E-state index is 0.293. The molecule has 1 saturated carbocycles. The number of hydrogen-bond acceptors (Lipinski definition) is 2. The van der Waals surface area contributed by atoms with Crippen LogP contribution in [-0.2, 0) is 6.42 Å². The van der Waals surface area contributed by atoms with Gasteiger partial charge >= 0.3 is 0 Å². The fraction of sp³-hybridized carbons (Fsp3) is 0.692. The Labute approximate surface area is 95.8 Å². The molecule has 2 aliphatic carbocycles. The second-order valence-electron chi connectivity index (χ2n) is 5.16. The topological polar surface area (TPSA) is 34.9 Å². The Morgan fingerprint density at radius 3 is 2.88 bits per heavy atom. The largest absolute Gasteiger partial charge is 0.294 e. The van der Waals surface area contributed by atoms with Crippen LogP contribution in [0.25, 0.3) is 0 Å². The second-order valence-corrected chi connectivity index (χ2v) is 5.16. The summed E-state index contributed by atoms with van der Waals surface area (Å²) in [5, 5.41) is 4.45. The Kier molecular flexibility index (Phi) is 2.34. The highest BCUT2D eigenvalue weighted by Crippen LogP contribution is 2.40. The maximum atomic E-state index is 11.9. The van der Waals surface area contributed by atoms with Gasteiger partial charge in [0.15, 0.2) is 5.78 Å². The first kappa shape index (κ1) is 10.1. The lowest BCUT2D eigenvalue weighted by Crippen LogP contribution is -2.13. The number of nitrogens with zero attached hydrogens (tertiary/aromatic N) is 2. The van der Waals surface area contributed by atoms with Crippen LogP contribution in [0.1, 0.15) is 61.1 Å². The molecule has 1 heterocycles. The fourth-order valence-corrected chi connectivity index (χ4v) is 2.71. The van der Waals surface area contributed by atoms with Crippen LogP contribution in [0.3, 0.4) is 0 Å². The zero-order valence-corrected chi connectivity index (χ0v) is 9.78. The third-order valence-electron chi connectivity index (χ3n) is 3.96. The zero-order valence-electron chi connectivity index (χ0n) is 9.78. The van der Waals surface area contributed by atoms with E-state index in [1.807, 2.05) is 0 Å². The van der Waals surface area contributed by atoms with Gasteiger partial charge in [-0.3, -0.25) is 9.48 Å². The highest BCUT2D eigenvalue weighted by Gasteiger charge is 2.32. The minimum absolute atomic E-state index is 0.293. The van der Waals surface area contributed by atoms with Crippen molar-refractivity contribution in [3.8, 4) is 0 Å². The molecule has 0 N–H and O–H groups in total. The van der Waals surface area contributed by atoms with Crippen LogP contribution in [0, 0.1) is 5.92 Å². The van der Waals surface area contributed by atoms with E-state index in [0.717, 1.165) is 30.7 Å². The van der Waals surface area contributed by atoms with Crippen LogP contribution in [0.5, 0.6) is 0 Å². The molecule has 2 aliphatic rings. The minimum Gasteiger partial charge on any atom is -0.294 e. The monoisotopic (exact) mass is 218 g/mol. The van der Waals surface area contributed by atoms with Gasteiger partial charge in [-0.2, -0.15) is 5.10 Å². The van der Waals surface area contributed by atoms with Crippen molar-refractivity contribution in [2.75, 3.05) is 0 Å². The average molecular weight is 218 g/mol. The van der Waals surface area contributed by atoms with Crippen molar-refractivity contribution in [2.24, 2.45) is 5.92 Å². The molecule has 0 aliphatic heterocycles. The van der Waals surface area contributed by atoms with E-state index in [1.54, 1.807) is 6.20 Å². The van der Waals surface area contributed by atoms with Crippen LogP contribution >= 0.6 is 0 Å². The summed E-state index contributed by atoms with van der Waals surface area (Å²) < 4.78 is 2.12. The Balaban J connectivity index is 1.97. The van der Waals surface area contributed by atoms with Crippen molar-refractivity contribution in [1.29, 1.82) is 0 Å². The van der Waals surface area contributed by atoms with E-state index < -0.39 is 0 Å². The first-order valence-corrected chi connectivity index (χ1v) is 6.37. The van der Waals surface area contributed by atoms with Gasteiger partial charge in [0.2, 0.25) is 0 Å². The molecular formula is C13H18N2O. The predicted octanol–water partition coefficient (Wildman–Crippen LogP) is 2.76. The van der Waals surface area contributed by atoms with Gasteiger partial charge in [-0.25, -0.2) is 0 Å². The summed E-state index contributed by atoms with van der Waals surface area (Å²) in [7, 11) is 0. The molecule has 1 aromatic rings. The maximum Gasteiger partial charge on any atom is 0.166 e. The van der Waals surface area contributed by atoms with Gasteiger partial charge in [-0.15, -0.1) is 0 Å². The van der Waals surface area contributed by atoms with Crippen molar-refractivity contribution in [1.82, 2.24) is 9.78 Å². The van der Waals surface area contributed by atoms with Crippen molar-refractivity contribution in [2.45, 2.75) is 51.5 Å². The van der Waals surface area contributed by atoms with Crippen molar-refractivity contribution >= 4 is 5.78 Å². The number of ketones is 1. The summed E-state index contributed by atoms with van der Waals surface area (Å²) in [6.45, 7) is 2.24. The number of carbonyl (C=O) groups is 1. The highest BCUT2D eigenvalue weighted by molar-refractivity contribution is 5.97. The molecule has 16 heavy (non-hydrogen) atoms. The molecule has 0 amide bonds. The number of Topliss-reactive ketones (excluding diaryl/α,β-unsaturated/α-hetero) is 1. The van der Waals surface area contributed by atoms with Crippen molar-refractivity contribution in [3.63, 3.8) is 0 Å². The Hall–Kier alpha value is -1.12. The van der Waals surface area contributed by atoms with E-state index in [2.05, 4.69) is 16.7 Å². The summed E-state index contributed by atoms with van der Waals surface area (Å²) in [4.78, 5) is 11.9. The molecule has 1 atom stereocenters. The summed E-state index contributed by atoms with van der Waals surface area (Å²) in [6, 6.07) is 0.481. The van der Waals surface area contributed by atoms with Crippen molar-refractivity contribution in [3.05, 3.63) is 17.5 Å². The second kappa shape index (κ2) is 3.72. The van der Waals surface area contributed by atoms with Gasteiger partial charge in [-0.05, 0) is 44.9 Å². The van der Waals surface area contributed by atoms with Gasteiger partial charge in [0.1, 0.15) is 0 Å². The van der Waals surface area contributed by atoms with Crippen molar-refractivity contribution < 1.29 is 4.79 Å². The fourth-order valence-electron chi connectivity index (χ4n) is 2.71. The maximum absolute atomic E-state index is 11.9. The Morgan fingerprint density at radius 2 is 2.12 bits per heavy atom. The highest BCUT2D eigenvalue weighted by atomic mass is 16.1. The molecule has 1 unspecified atom stereocenters. The summed E-state index contributed by atoms with van der Waals surface area (Å²) >= 11 is 0. The van der Waals surface area contributed by atoms with Gasteiger partial charge in [0, 0.05) is 12.1 Å². The molecule has 3 nitrogen and oxygen atoms in total. The molecule has 3 heteroatoms. The SMILES string of the molecule is CC(C1CC1)n1ncc2c1CCCCC2=O. The quantitative estimate of drug-likeness (QED) is 0.715. The number of aromatic nitrogens is 2. The first-order valence-electron chi connectivity index (χ1n) is 6.37. The third kappa shape index (κ3) is 1.58. The Morgan fingerprint density at radius 1 is 1.38 bits per heavy atom. The van der Waals surface area contributed by atoms with E-state index >= 15 is 0 Å². The number of rotatable bonds is 2. The molecular weight excluding hydrogens is 200 g/mol. The third-order valence-corrected chi connectivity index (χ3v) is 3.96. The molecule has 3 rings (SSSR count). The molecule has 1 fully saturated rings. The van der Waals surface area contributed by atoms with Gasteiger partial charge < -0.3 is 0 Å². The van der Waals surface area contributed by atoms with E-state index in [-0.39, 0.29) is 0 Å².